The summed E-state index contributed by atoms with van der Waals surface area (Å²) in [6, 6.07) is 7.81. The van der Waals surface area contributed by atoms with Crippen molar-refractivity contribution in [1.29, 1.82) is 0 Å². The van der Waals surface area contributed by atoms with Crippen molar-refractivity contribution in [2.24, 2.45) is 5.14 Å². The molecule has 1 saturated heterocycles. The van der Waals surface area contributed by atoms with Gasteiger partial charge < -0.3 is 9.73 Å². The van der Waals surface area contributed by atoms with Gasteiger partial charge in [-0.2, -0.15) is 0 Å². The van der Waals surface area contributed by atoms with Crippen LogP contribution in [0.4, 0.5) is 0 Å². The van der Waals surface area contributed by atoms with Crippen molar-refractivity contribution < 1.29 is 17.6 Å². The number of hydrogen-bond acceptors (Lipinski definition) is 5. The Labute approximate surface area is 167 Å². The molecule has 0 saturated carbocycles. The van der Waals surface area contributed by atoms with Crippen LogP contribution in [0.2, 0.25) is 0 Å². The van der Waals surface area contributed by atoms with Crippen LogP contribution in [0.3, 0.4) is 0 Å². The van der Waals surface area contributed by atoms with Gasteiger partial charge in [0.15, 0.2) is 0 Å². The maximum absolute atomic E-state index is 12.7. The van der Waals surface area contributed by atoms with Crippen LogP contribution in [0.1, 0.15) is 41.4 Å². The highest BCUT2D eigenvalue weighted by molar-refractivity contribution is 9.10. The fourth-order valence-electron chi connectivity index (χ4n) is 3.26. The minimum absolute atomic E-state index is 0.0653. The minimum atomic E-state index is -3.88. The molecule has 1 aromatic heterocycles. The lowest BCUT2D eigenvalue weighted by Crippen LogP contribution is -2.40. The summed E-state index contributed by atoms with van der Waals surface area (Å²) in [5.41, 5.74) is 0.221. The van der Waals surface area contributed by atoms with Gasteiger partial charge in [-0.15, -0.1) is 0 Å². The lowest BCUT2D eigenvalue weighted by atomic mass is 10.1. The Morgan fingerprint density at radius 3 is 2.63 bits per heavy atom. The molecule has 1 aliphatic rings. The van der Waals surface area contributed by atoms with Crippen LogP contribution >= 0.6 is 15.9 Å². The molecule has 3 rings (SSSR count). The van der Waals surface area contributed by atoms with Gasteiger partial charge >= 0.3 is 0 Å². The Morgan fingerprint density at radius 2 is 2.00 bits per heavy atom. The molecule has 3 N–H and O–H groups in total. The topological polar surface area (TPSA) is 106 Å². The van der Waals surface area contributed by atoms with E-state index in [1.807, 2.05) is 12.1 Å². The Hall–Kier alpha value is -1.68. The van der Waals surface area contributed by atoms with Gasteiger partial charge in [-0.3, -0.25) is 9.69 Å². The van der Waals surface area contributed by atoms with E-state index in [-0.39, 0.29) is 22.4 Å². The van der Waals surface area contributed by atoms with Crippen LogP contribution in [-0.2, 0) is 10.0 Å². The van der Waals surface area contributed by atoms with E-state index >= 15 is 0 Å². The number of hydrogen-bond donors (Lipinski definition) is 2. The Kier molecular flexibility index (Phi) is 6.36. The number of likely N-dealkylation sites (tertiary alicyclic amines) is 1. The summed E-state index contributed by atoms with van der Waals surface area (Å²) in [6.07, 6.45) is 5.07. The normalized spacial score (nSPS) is 16.8. The van der Waals surface area contributed by atoms with E-state index in [9.17, 15) is 13.2 Å². The zero-order chi connectivity index (χ0) is 19.4. The van der Waals surface area contributed by atoms with Gasteiger partial charge in [-0.05, 0) is 72.2 Å². The van der Waals surface area contributed by atoms with Crippen LogP contribution in [-0.4, -0.2) is 38.9 Å². The molecule has 2 heterocycles. The number of carbonyl (C=O) groups is 1. The van der Waals surface area contributed by atoms with Crippen molar-refractivity contribution in [3.63, 3.8) is 0 Å². The molecule has 0 aliphatic carbocycles. The zero-order valence-electron chi connectivity index (χ0n) is 14.7. The van der Waals surface area contributed by atoms with Crippen LogP contribution in [0.5, 0.6) is 0 Å². The number of primary sulfonamides is 1. The molecule has 1 aliphatic heterocycles. The highest BCUT2D eigenvalue weighted by Gasteiger charge is 2.25. The highest BCUT2D eigenvalue weighted by Crippen LogP contribution is 2.25. The minimum Gasteiger partial charge on any atom is -0.468 e. The Bertz CT molecular complexity index is 893. The van der Waals surface area contributed by atoms with Crippen LogP contribution < -0.4 is 10.5 Å². The van der Waals surface area contributed by atoms with Gasteiger partial charge in [0, 0.05) is 11.0 Å². The number of amides is 1. The lowest BCUT2D eigenvalue weighted by Gasteiger charge is -2.33. The van der Waals surface area contributed by atoms with Crippen LogP contribution in [0.25, 0.3) is 0 Å². The molecule has 0 spiro atoms. The molecule has 1 atom stereocenters. The summed E-state index contributed by atoms with van der Waals surface area (Å²) in [5.74, 6) is 0.426. The summed E-state index contributed by atoms with van der Waals surface area (Å²) in [4.78, 5) is 14.9. The van der Waals surface area contributed by atoms with Crippen molar-refractivity contribution in [3.8, 4) is 0 Å². The molecule has 146 valence electrons. The number of piperidine rings is 1. The summed E-state index contributed by atoms with van der Waals surface area (Å²) < 4.78 is 29.2. The molecule has 1 fully saturated rings. The van der Waals surface area contributed by atoms with Gasteiger partial charge in [0.2, 0.25) is 10.0 Å². The van der Waals surface area contributed by atoms with E-state index in [0.29, 0.717) is 11.0 Å². The molecule has 9 heteroatoms. The monoisotopic (exact) mass is 455 g/mol. The molecular weight excluding hydrogens is 434 g/mol. The van der Waals surface area contributed by atoms with Gasteiger partial charge in [-0.25, -0.2) is 13.6 Å². The van der Waals surface area contributed by atoms with E-state index in [1.165, 1.54) is 24.6 Å². The smallest absolute Gasteiger partial charge is 0.252 e. The fourth-order valence-corrected chi connectivity index (χ4v) is 4.23. The quantitative estimate of drug-likeness (QED) is 0.696. The summed E-state index contributed by atoms with van der Waals surface area (Å²) in [6.45, 7) is 2.26. The second kappa shape index (κ2) is 8.55. The highest BCUT2D eigenvalue weighted by atomic mass is 79.9. The van der Waals surface area contributed by atoms with Crippen LogP contribution in [0.15, 0.2) is 50.4 Å². The largest absolute Gasteiger partial charge is 0.468 e. The maximum atomic E-state index is 12.7. The number of sulfonamides is 1. The Balaban J connectivity index is 1.76. The molecule has 1 amide bonds. The molecular formula is C18H22BrN3O4S. The molecule has 27 heavy (non-hydrogen) atoms. The average molecular weight is 456 g/mol. The number of furan rings is 1. The predicted octanol–water partition coefficient (Wildman–Crippen LogP) is 2.65. The standard InChI is InChI=1S/C18H22BrN3O4S/c19-15-7-6-13(27(20,24)25)11-14(15)18(23)21-12-16(17-5-4-10-26-17)22-8-2-1-3-9-22/h4-7,10-11,16H,1-3,8-9,12H2,(H,21,23)(H2,20,24,25). The fraction of sp³-hybridized carbons (Fsp3) is 0.389. The first-order valence-corrected chi connectivity index (χ1v) is 11.1. The summed E-state index contributed by atoms with van der Waals surface area (Å²) in [5, 5.41) is 8.06. The van der Waals surface area contributed by atoms with Crippen molar-refractivity contribution in [2.75, 3.05) is 19.6 Å². The predicted molar refractivity (Wildman–Crippen MR) is 105 cm³/mol. The number of carbonyl (C=O) groups excluding carboxylic acids is 1. The van der Waals surface area contributed by atoms with E-state index in [0.717, 1.165) is 31.7 Å². The molecule has 1 aromatic carbocycles. The number of nitrogens with one attached hydrogen (secondary N) is 1. The number of rotatable bonds is 6. The molecule has 0 bridgehead atoms. The Morgan fingerprint density at radius 1 is 1.26 bits per heavy atom. The second-order valence-electron chi connectivity index (χ2n) is 6.52. The van der Waals surface area contributed by atoms with E-state index in [2.05, 4.69) is 26.1 Å². The number of halogens is 1. The van der Waals surface area contributed by atoms with Gasteiger partial charge in [0.05, 0.1) is 22.8 Å². The van der Waals surface area contributed by atoms with E-state index in [1.54, 1.807) is 6.26 Å². The van der Waals surface area contributed by atoms with Gasteiger partial charge in [-0.1, -0.05) is 6.42 Å². The third kappa shape index (κ3) is 4.98. The second-order valence-corrected chi connectivity index (χ2v) is 8.94. The van der Waals surface area contributed by atoms with Crippen molar-refractivity contribution in [1.82, 2.24) is 10.2 Å². The van der Waals surface area contributed by atoms with Crippen molar-refractivity contribution >= 4 is 31.9 Å². The third-order valence-electron chi connectivity index (χ3n) is 4.67. The number of nitrogens with two attached hydrogens (primary N) is 1. The SMILES string of the molecule is NS(=O)(=O)c1ccc(Br)c(C(=O)NCC(c2ccco2)N2CCCCC2)c1. The average Bonchev–Trinajstić information content (AvgIpc) is 3.16. The first-order chi connectivity index (χ1) is 12.9. The zero-order valence-corrected chi connectivity index (χ0v) is 17.1. The third-order valence-corrected chi connectivity index (χ3v) is 6.27. The summed E-state index contributed by atoms with van der Waals surface area (Å²) >= 11 is 3.29. The van der Waals surface area contributed by atoms with Crippen molar-refractivity contribution in [3.05, 3.63) is 52.4 Å². The van der Waals surface area contributed by atoms with Crippen LogP contribution in [0, 0.1) is 0 Å². The van der Waals surface area contributed by atoms with Crippen molar-refractivity contribution in [2.45, 2.75) is 30.2 Å². The first-order valence-electron chi connectivity index (χ1n) is 8.74. The first kappa shape index (κ1) is 20.1. The maximum Gasteiger partial charge on any atom is 0.252 e. The molecule has 2 aromatic rings. The van der Waals surface area contributed by atoms with E-state index < -0.39 is 10.0 Å². The molecule has 1 unspecified atom stereocenters. The molecule has 7 nitrogen and oxygen atoms in total. The van der Waals surface area contributed by atoms with E-state index in [4.69, 9.17) is 9.56 Å². The number of benzene rings is 1. The lowest BCUT2D eigenvalue weighted by molar-refractivity contribution is 0.0913. The number of nitrogens with zero attached hydrogens (tertiary/aromatic N) is 1. The van der Waals surface area contributed by atoms with Gasteiger partial charge in [0.1, 0.15) is 5.76 Å². The molecule has 0 radical (unpaired) electrons. The van der Waals surface area contributed by atoms with Gasteiger partial charge in [0.25, 0.3) is 5.91 Å². The summed E-state index contributed by atoms with van der Waals surface area (Å²) in [7, 11) is -3.88.